The molecule has 3 fully saturated rings. The number of hydrogen-bond acceptors (Lipinski definition) is 7. The molecule has 1 aromatic heterocycles. The maximum Gasteiger partial charge on any atom is 0.341 e. The van der Waals surface area contributed by atoms with Crippen molar-refractivity contribution in [3.63, 3.8) is 0 Å². The van der Waals surface area contributed by atoms with Gasteiger partial charge in [-0.2, -0.15) is 4.68 Å². The van der Waals surface area contributed by atoms with Crippen LogP contribution < -0.4 is 15.4 Å². The van der Waals surface area contributed by atoms with E-state index in [1.807, 2.05) is 30.3 Å². The summed E-state index contributed by atoms with van der Waals surface area (Å²) >= 11 is 0. The largest absolute Gasteiger partial charge is 0.423 e. The lowest BCUT2D eigenvalue weighted by Crippen LogP contribution is -2.50. The second kappa shape index (κ2) is 8.57. The van der Waals surface area contributed by atoms with E-state index < -0.39 is 0 Å². The summed E-state index contributed by atoms with van der Waals surface area (Å²) in [6.45, 7) is 0.773. The number of fused-ring (bicyclic) bond motifs is 1. The smallest absolute Gasteiger partial charge is 0.341 e. The minimum atomic E-state index is -0.258. The van der Waals surface area contributed by atoms with Crippen LogP contribution in [0.3, 0.4) is 0 Å². The van der Waals surface area contributed by atoms with Crippen molar-refractivity contribution in [2.45, 2.75) is 62.4 Å². The van der Waals surface area contributed by atoms with E-state index in [0.717, 1.165) is 12.8 Å². The van der Waals surface area contributed by atoms with E-state index in [9.17, 15) is 4.79 Å². The average molecular weight is 414 g/mol. The van der Waals surface area contributed by atoms with Crippen LogP contribution in [0.15, 0.2) is 30.3 Å². The van der Waals surface area contributed by atoms with Crippen molar-refractivity contribution in [2.24, 2.45) is 0 Å². The molecule has 0 spiro atoms. The number of carbonyl (C=O) groups is 1. The molecule has 2 aromatic rings. The molecule has 5 rings (SSSR count). The van der Waals surface area contributed by atoms with Crippen LogP contribution in [-0.4, -0.2) is 63.7 Å². The van der Waals surface area contributed by atoms with Gasteiger partial charge in [-0.1, -0.05) is 42.6 Å². The van der Waals surface area contributed by atoms with Crippen LogP contribution in [0.2, 0.25) is 0 Å². The van der Waals surface area contributed by atoms with Gasteiger partial charge in [0.1, 0.15) is 24.0 Å². The number of tetrazole rings is 1. The quantitative estimate of drug-likeness (QED) is 0.767. The Hall–Kier alpha value is -2.72. The van der Waals surface area contributed by atoms with Gasteiger partial charge < -0.3 is 24.8 Å². The molecule has 0 unspecified atom stereocenters. The van der Waals surface area contributed by atoms with E-state index in [1.54, 1.807) is 4.68 Å². The average Bonchev–Trinajstić information content (AvgIpc) is 3.47. The van der Waals surface area contributed by atoms with Gasteiger partial charge in [0.2, 0.25) is 0 Å². The van der Waals surface area contributed by atoms with Gasteiger partial charge in [-0.25, -0.2) is 4.79 Å². The molecular weight excluding hydrogens is 388 g/mol. The molecule has 160 valence electrons. The number of urea groups is 1. The first kappa shape index (κ1) is 19.3. The minimum Gasteiger partial charge on any atom is -0.423 e. The van der Waals surface area contributed by atoms with E-state index in [0.29, 0.717) is 19.0 Å². The molecule has 2 saturated heterocycles. The molecule has 2 amide bonds. The normalized spacial score (nSPS) is 28.8. The Balaban J connectivity index is 1.21. The number of carbonyl (C=O) groups excluding carboxylic acids is 1. The Morgan fingerprint density at radius 1 is 1.03 bits per heavy atom. The van der Waals surface area contributed by atoms with E-state index in [-0.39, 0.29) is 42.4 Å². The Bertz CT molecular complexity index is 856. The number of ether oxygens (including phenoxy) is 3. The summed E-state index contributed by atoms with van der Waals surface area (Å²) in [6, 6.07) is 9.30. The summed E-state index contributed by atoms with van der Waals surface area (Å²) in [5.41, 5.74) is 0. The van der Waals surface area contributed by atoms with Crippen LogP contribution in [-0.2, 0) is 9.47 Å². The van der Waals surface area contributed by atoms with E-state index >= 15 is 0 Å². The van der Waals surface area contributed by atoms with E-state index in [4.69, 9.17) is 14.2 Å². The molecule has 2 aliphatic heterocycles. The van der Waals surface area contributed by atoms with Gasteiger partial charge in [0, 0.05) is 6.04 Å². The first-order chi connectivity index (χ1) is 14.8. The zero-order valence-corrected chi connectivity index (χ0v) is 16.6. The molecule has 2 N–H and O–H groups in total. The van der Waals surface area contributed by atoms with Gasteiger partial charge in [0.15, 0.2) is 0 Å². The molecule has 10 nitrogen and oxygen atoms in total. The molecule has 3 heterocycles. The highest BCUT2D eigenvalue weighted by molar-refractivity contribution is 5.74. The molecule has 4 atom stereocenters. The first-order valence-electron chi connectivity index (χ1n) is 10.6. The number of para-hydroxylation sites is 1. The zero-order chi connectivity index (χ0) is 20.3. The molecular formula is C20H26N6O4. The SMILES string of the molecule is O=C(NC1CCCCC1)N[C@H]1CO[C@H]2[C@H]1OC[C@H]2n1nnnc1Oc1ccccc1. The first-order valence-corrected chi connectivity index (χ1v) is 10.6. The van der Waals surface area contributed by atoms with Gasteiger partial charge in [0.25, 0.3) is 0 Å². The summed E-state index contributed by atoms with van der Waals surface area (Å²) in [5, 5.41) is 17.9. The lowest BCUT2D eigenvalue weighted by Gasteiger charge is -2.24. The summed E-state index contributed by atoms with van der Waals surface area (Å²) in [4.78, 5) is 12.4. The Labute approximate surface area is 174 Å². The predicted octanol–water partition coefficient (Wildman–Crippen LogP) is 1.80. The summed E-state index contributed by atoms with van der Waals surface area (Å²) in [6.07, 6.45) is 5.18. The number of nitrogens with zero attached hydrogens (tertiary/aromatic N) is 4. The highest BCUT2D eigenvalue weighted by atomic mass is 16.6. The fourth-order valence-corrected chi connectivity index (χ4v) is 4.51. The molecule has 1 saturated carbocycles. The van der Waals surface area contributed by atoms with Gasteiger partial charge in [-0.05, 0) is 35.4 Å². The number of nitrogens with one attached hydrogen (secondary N) is 2. The lowest BCUT2D eigenvalue weighted by atomic mass is 9.96. The number of benzene rings is 1. The van der Waals surface area contributed by atoms with Crippen LogP contribution in [0.5, 0.6) is 11.8 Å². The van der Waals surface area contributed by atoms with Crippen LogP contribution >= 0.6 is 0 Å². The Kier molecular flexibility index (Phi) is 5.50. The van der Waals surface area contributed by atoms with Gasteiger partial charge in [0.05, 0.1) is 19.3 Å². The number of rotatable bonds is 5. The fourth-order valence-electron chi connectivity index (χ4n) is 4.51. The second-order valence-electron chi connectivity index (χ2n) is 8.04. The topological polar surface area (TPSA) is 112 Å². The molecule has 10 heteroatoms. The fraction of sp³-hybridized carbons (Fsp3) is 0.600. The van der Waals surface area contributed by atoms with Crippen molar-refractivity contribution in [3.8, 4) is 11.8 Å². The van der Waals surface area contributed by atoms with Gasteiger partial charge >= 0.3 is 12.0 Å². The number of aromatic nitrogens is 4. The lowest BCUT2D eigenvalue weighted by molar-refractivity contribution is 0.0613. The molecule has 1 aliphatic carbocycles. The van der Waals surface area contributed by atoms with Crippen LogP contribution in [0.4, 0.5) is 4.79 Å². The molecule has 0 bridgehead atoms. The van der Waals surface area contributed by atoms with E-state index in [1.165, 1.54) is 19.3 Å². The summed E-state index contributed by atoms with van der Waals surface area (Å²) in [7, 11) is 0. The second-order valence-corrected chi connectivity index (χ2v) is 8.04. The van der Waals surface area contributed by atoms with Crippen LogP contribution in [0, 0.1) is 0 Å². The summed E-state index contributed by atoms with van der Waals surface area (Å²) in [5.74, 6) is 0.648. The maximum atomic E-state index is 12.4. The number of amides is 2. The summed E-state index contributed by atoms with van der Waals surface area (Å²) < 4.78 is 19.4. The monoisotopic (exact) mass is 414 g/mol. The Morgan fingerprint density at radius 2 is 1.83 bits per heavy atom. The predicted molar refractivity (Wildman–Crippen MR) is 105 cm³/mol. The third-order valence-corrected chi connectivity index (χ3v) is 6.01. The molecule has 30 heavy (non-hydrogen) atoms. The minimum absolute atomic E-state index is 0.154. The Morgan fingerprint density at radius 3 is 2.67 bits per heavy atom. The van der Waals surface area contributed by atoms with Crippen molar-refractivity contribution in [2.75, 3.05) is 13.2 Å². The van der Waals surface area contributed by atoms with Crippen molar-refractivity contribution in [1.82, 2.24) is 30.8 Å². The van der Waals surface area contributed by atoms with Crippen LogP contribution in [0.1, 0.15) is 38.1 Å². The number of hydrogen-bond donors (Lipinski definition) is 2. The zero-order valence-electron chi connectivity index (χ0n) is 16.6. The molecule has 0 radical (unpaired) electrons. The van der Waals surface area contributed by atoms with Crippen LogP contribution in [0.25, 0.3) is 0 Å². The third-order valence-electron chi connectivity index (χ3n) is 6.01. The van der Waals surface area contributed by atoms with Gasteiger partial charge in [-0.15, -0.1) is 0 Å². The highest BCUT2D eigenvalue weighted by Gasteiger charge is 2.50. The highest BCUT2D eigenvalue weighted by Crippen LogP contribution is 2.36. The molecule has 1 aromatic carbocycles. The standard InChI is InChI=1S/C20H26N6O4/c27-19(21-13-7-3-1-4-8-13)22-15-11-28-18-16(12-29-17(15)18)26-20(23-24-25-26)30-14-9-5-2-6-10-14/h2,5-6,9-10,13,15-18H,1,3-4,7-8,11-12H2,(H2,21,22,27)/t15-,16+,17-,18+/m0/s1. The van der Waals surface area contributed by atoms with Crippen molar-refractivity contribution < 1.29 is 19.0 Å². The third kappa shape index (κ3) is 3.97. The molecule has 3 aliphatic rings. The van der Waals surface area contributed by atoms with E-state index in [2.05, 4.69) is 26.2 Å². The maximum absolute atomic E-state index is 12.4. The van der Waals surface area contributed by atoms with Crippen molar-refractivity contribution in [3.05, 3.63) is 30.3 Å². The van der Waals surface area contributed by atoms with Gasteiger partial charge in [-0.3, -0.25) is 0 Å². The van der Waals surface area contributed by atoms with Crippen molar-refractivity contribution >= 4 is 6.03 Å². The van der Waals surface area contributed by atoms with Crippen molar-refractivity contribution in [1.29, 1.82) is 0 Å².